The molecule has 0 atom stereocenters. The van der Waals surface area contributed by atoms with Crippen molar-refractivity contribution in [1.29, 1.82) is 0 Å². The van der Waals surface area contributed by atoms with Crippen molar-refractivity contribution >= 4 is 5.91 Å². The Morgan fingerprint density at radius 1 is 1.78 bits per heavy atom. The Labute approximate surface area is 54.6 Å². The van der Waals surface area contributed by atoms with Crippen molar-refractivity contribution in [2.75, 3.05) is 19.7 Å². The normalized spacial score (nSPS) is 19.9. The predicted molar refractivity (Wildman–Crippen MR) is 32.5 cm³/mol. The minimum atomic E-state index is 0.120. The number of amides is 1. The summed E-state index contributed by atoms with van der Waals surface area (Å²) in [6.07, 6.45) is 0. The zero-order valence-corrected chi connectivity index (χ0v) is 5.46. The molecule has 0 spiro atoms. The molecule has 0 aromatic carbocycles. The summed E-state index contributed by atoms with van der Waals surface area (Å²) in [5.74, 6) is 0.120. The van der Waals surface area contributed by atoms with Gasteiger partial charge in [0.1, 0.15) is 6.61 Å². The van der Waals surface area contributed by atoms with Gasteiger partial charge in [0.2, 0.25) is 5.91 Å². The molecule has 0 aromatic heterocycles. The highest BCUT2D eigenvalue weighted by atomic mass is 16.5. The van der Waals surface area contributed by atoms with Crippen molar-refractivity contribution in [3.8, 4) is 0 Å². The first-order chi connectivity index (χ1) is 4.30. The van der Waals surface area contributed by atoms with Crippen molar-refractivity contribution < 1.29 is 9.53 Å². The molecule has 0 N–H and O–H groups in total. The van der Waals surface area contributed by atoms with E-state index >= 15 is 0 Å². The molecule has 1 saturated heterocycles. The summed E-state index contributed by atoms with van der Waals surface area (Å²) in [6, 6.07) is 0. The van der Waals surface area contributed by atoms with Gasteiger partial charge in [-0.05, 0) is 0 Å². The maximum atomic E-state index is 10.6. The van der Waals surface area contributed by atoms with Gasteiger partial charge in [0, 0.05) is 20.0 Å². The molecule has 1 aliphatic heterocycles. The van der Waals surface area contributed by atoms with Gasteiger partial charge in [0.15, 0.2) is 0 Å². The molecule has 51 valence electrons. The molecule has 1 fully saturated rings. The van der Waals surface area contributed by atoms with Crippen LogP contribution in [-0.4, -0.2) is 30.5 Å². The Balaban J connectivity index is 2.31. The standard InChI is InChI=1S/C6H10NO2/c1-6(8)7-2-4-9-5-3-7/h4H,2-3,5H2,1H3. The summed E-state index contributed by atoms with van der Waals surface area (Å²) in [5.41, 5.74) is 0. The first-order valence-corrected chi connectivity index (χ1v) is 2.99. The average Bonchev–Trinajstić information content (AvgIpc) is 1.90. The molecule has 0 aromatic rings. The fourth-order valence-corrected chi connectivity index (χ4v) is 0.766. The van der Waals surface area contributed by atoms with E-state index in [1.807, 2.05) is 0 Å². The fourth-order valence-electron chi connectivity index (χ4n) is 0.766. The highest BCUT2D eigenvalue weighted by Gasteiger charge is 2.11. The van der Waals surface area contributed by atoms with Crippen LogP contribution in [0.1, 0.15) is 6.92 Å². The SMILES string of the molecule is CC(=O)N1C[CH]OCC1. The van der Waals surface area contributed by atoms with Gasteiger partial charge >= 0.3 is 0 Å². The van der Waals surface area contributed by atoms with E-state index in [0.29, 0.717) is 13.2 Å². The largest absolute Gasteiger partial charge is 0.372 e. The van der Waals surface area contributed by atoms with Crippen molar-refractivity contribution in [3.63, 3.8) is 0 Å². The molecule has 1 heterocycles. The zero-order chi connectivity index (χ0) is 6.69. The molecule has 0 saturated carbocycles. The quantitative estimate of drug-likeness (QED) is 0.460. The van der Waals surface area contributed by atoms with Gasteiger partial charge < -0.3 is 9.64 Å². The summed E-state index contributed by atoms with van der Waals surface area (Å²) in [4.78, 5) is 12.4. The van der Waals surface area contributed by atoms with Crippen LogP contribution in [0, 0.1) is 6.61 Å². The number of hydrogen-bond donors (Lipinski definition) is 0. The monoisotopic (exact) mass is 128 g/mol. The zero-order valence-electron chi connectivity index (χ0n) is 5.46. The number of carbonyl (C=O) groups is 1. The Bertz CT molecular complexity index is 108. The number of morpholine rings is 1. The van der Waals surface area contributed by atoms with E-state index in [9.17, 15) is 4.79 Å². The minimum absolute atomic E-state index is 0.120. The number of hydrogen-bond acceptors (Lipinski definition) is 2. The molecule has 0 bridgehead atoms. The summed E-state index contributed by atoms with van der Waals surface area (Å²) in [7, 11) is 0. The Hall–Kier alpha value is -0.570. The second-order valence-corrected chi connectivity index (χ2v) is 2.00. The van der Waals surface area contributed by atoms with E-state index < -0.39 is 0 Å². The third-order valence-corrected chi connectivity index (χ3v) is 1.34. The highest BCUT2D eigenvalue weighted by Crippen LogP contribution is 1.98. The number of nitrogens with zero attached hydrogens (tertiary/aromatic N) is 1. The Kier molecular flexibility index (Phi) is 2.05. The van der Waals surface area contributed by atoms with Crippen LogP contribution in [-0.2, 0) is 9.53 Å². The maximum Gasteiger partial charge on any atom is 0.219 e. The van der Waals surface area contributed by atoms with E-state index in [4.69, 9.17) is 4.74 Å². The highest BCUT2D eigenvalue weighted by molar-refractivity contribution is 5.73. The van der Waals surface area contributed by atoms with Gasteiger partial charge in [0.05, 0.1) is 6.61 Å². The van der Waals surface area contributed by atoms with E-state index in [0.717, 1.165) is 6.54 Å². The maximum absolute atomic E-state index is 10.6. The van der Waals surface area contributed by atoms with E-state index in [1.54, 1.807) is 18.4 Å². The molecule has 0 unspecified atom stereocenters. The summed E-state index contributed by atoms with van der Waals surface area (Å²) in [6.45, 7) is 5.23. The van der Waals surface area contributed by atoms with Crippen LogP contribution in [0.2, 0.25) is 0 Å². The lowest BCUT2D eigenvalue weighted by molar-refractivity contribution is -0.131. The van der Waals surface area contributed by atoms with Gasteiger partial charge in [0.25, 0.3) is 0 Å². The van der Waals surface area contributed by atoms with E-state index in [1.165, 1.54) is 0 Å². The van der Waals surface area contributed by atoms with Gasteiger partial charge in [-0.1, -0.05) is 0 Å². The molecule has 1 aliphatic rings. The number of carbonyl (C=O) groups excluding carboxylic acids is 1. The van der Waals surface area contributed by atoms with Gasteiger partial charge in [-0.15, -0.1) is 0 Å². The van der Waals surface area contributed by atoms with Crippen molar-refractivity contribution in [1.82, 2.24) is 4.90 Å². The molecule has 3 heteroatoms. The smallest absolute Gasteiger partial charge is 0.219 e. The summed E-state index contributed by atoms with van der Waals surface area (Å²) < 4.78 is 4.93. The molecule has 9 heavy (non-hydrogen) atoms. The predicted octanol–water partition coefficient (Wildman–Crippen LogP) is 0.0269. The van der Waals surface area contributed by atoms with Crippen LogP contribution in [0.5, 0.6) is 0 Å². The van der Waals surface area contributed by atoms with Crippen LogP contribution in [0.15, 0.2) is 0 Å². The molecular formula is C6H10NO2. The lowest BCUT2D eigenvalue weighted by Gasteiger charge is -2.24. The van der Waals surface area contributed by atoms with Crippen LogP contribution in [0.25, 0.3) is 0 Å². The summed E-state index contributed by atoms with van der Waals surface area (Å²) >= 11 is 0. The first-order valence-electron chi connectivity index (χ1n) is 2.99. The van der Waals surface area contributed by atoms with E-state index in [2.05, 4.69) is 0 Å². The molecule has 1 rings (SSSR count). The van der Waals surface area contributed by atoms with Crippen LogP contribution in [0.4, 0.5) is 0 Å². The number of rotatable bonds is 0. The molecule has 3 nitrogen and oxygen atoms in total. The minimum Gasteiger partial charge on any atom is -0.372 e. The first kappa shape index (κ1) is 6.55. The van der Waals surface area contributed by atoms with Crippen molar-refractivity contribution in [2.45, 2.75) is 6.92 Å². The average molecular weight is 128 g/mol. The second kappa shape index (κ2) is 2.82. The van der Waals surface area contributed by atoms with Crippen molar-refractivity contribution in [2.24, 2.45) is 0 Å². The van der Waals surface area contributed by atoms with Crippen LogP contribution < -0.4 is 0 Å². The molecule has 1 radical (unpaired) electrons. The third-order valence-electron chi connectivity index (χ3n) is 1.34. The molecule has 0 aliphatic carbocycles. The van der Waals surface area contributed by atoms with Crippen LogP contribution >= 0.6 is 0 Å². The lowest BCUT2D eigenvalue weighted by Crippen LogP contribution is -2.37. The molecular weight excluding hydrogens is 118 g/mol. The lowest BCUT2D eigenvalue weighted by atomic mass is 10.4. The van der Waals surface area contributed by atoms with Crippen LogP contribution in [0.3, 0.4) is 0 Å². The fraction of sp³-hybridized carbons (Fsp3) is 0.667. The van der Waals surface area contributed by atoms with Gasteiger partial charge in [-0.3, -0.25) is 4.79 Å². The molecule has 1 amide bonds. The topological polar surface area (TPSA) is 29.5 Å². The number of ether oxygens (including phenoxy) is 1. The Morgan fingerprint density at radius 3 is 2.89 bits per heavy atom. The van der Waals surface area contributed by atoms with Crippen molar-refractivity contribution in [3.05, 3.63) is 6.61 Å². The van der Waals surface area contributed by atoms with Gasteiger partial charge in [-0.2, -0.15) is 0 Å². The van der Waals surface area contributed by atoms with Gasteiger partial charge in [-0.25, -0.2) is 0 Å². The third kappa shape index (κ3) is 1.68. The van der Waals surface area contributed by atoms with E-state index in [-0.39, 0.29) is 5.91 Å². The summed E-state index contributed by atoms with van der Waals surface area (Å²) in [5, 5.41) is 0. The Morgan fingerprint density at radius 2 is 2.56 bits per heavy atom. The second-order valence-electron chi connectivity index (χ2n) is 2.00.